The van der Waals surface area contributed by atoms with E-state index >= 15 is 0 Å². The molecule has 0 aromatic carbocycles. The molecule has 0 fully saturated rings. The lowest BCUT2D eigenvalue weighted by atomic mass is 9.90. The molecule has 1 atom stereocenters. The normalized spacial score (nSPS) is 20.3. The van der Waals surface area contributed by atoms with Crippen molar-refractivity contribution in [1.29, 1.82) is 0 Å². The Kier molecular flexibility index (Phi) is 4.36. The van der Waals surface area contributed by atoms with Crippen LogP contribution in [0, 0.1) is 6.92 Å². The van der Waals surface area contributed by atoms with Gasteiger partial charge in [0.15, 0.2) is 0 Å². The van der Waals surface area contributed by atoms with Crippen LogP contribution in [0.2, 0.25) is 0 Å². The summed E-state index contributed by atoms with van der Waals surface area (Å²) >= 11 is 0. The minimum atomic E-state index is -3.56. The fourth-order valence-corrected chi connectivity index (χ4v) is 4.01. The number of sulfonamides is 1. The van der Waals surface area contributed by atoms with Gasteiger partial charge in [-0.2, -0.15) is 0 Å². The highest BCUT2D eigenvalue weighted by Gasteiger charge is 2.35. The molecule has 0 radical (unpaired) electrons. The number of primary sulfonamides is 1. The van der Waals surface area contributed by atoms with Crippen LogP contribution in [0.4, 0.5) is 0 Å². The number of pyridine rings is 2. The van der Waals surface area contributed by atoms with Gasteiger partial charge < -0.3 is 4.74 Å². The summed E-state index contributed by atoms with van der Waals surface area (Å²) in [5.41, 5.74) is 1.29. The second kappa shape index (κ2) is 6.10. The number of hydrogen-bond donors (Lipinski definition) is 1. The van der Waals surface area contributed by atoms with Crippen LogP contribution in [0.15, 0.2) is 16.9 Å². The zero-order valence-electron chi connectivity index (χ0n) is 14.7. The monoisotopic (exact) mass is 365 g/mol. The molecule has 7 nitrogen and oxygen atoms in total. The number of fused-ring (bicyclic) bond motifs is 3. The zero-order chi connectivity index (χ0) is 18.4. The van der Waals surface area contributed by atoms with Gasteiger partial charge in [0.1, 0.15) is 17.0 Å². The van der Waals surface area contributed by atoms with Gasteiger partial charge in [-0.05, 0) is 45.7 Å². The van der Waals surface area contributed by atoms with Gasteiger partial charge in [0, 0.05) is 18.7 Å². The van der Waals surface area contributed by atoms with E-state index in [-0.39, 0.29) is 17.7 Å². The molecule has 0 spiro atoms. The quantitative estimate of drug-likeness (QED) is 0.884. The average molecular weight is 365 g/mol. The third kappa shape index (κ3) is 3.41. The number of aryl methyl sites for hydroxylation is 2. The molecule has 1 aliphatic heterocycles. The third-order valence-corrected chi connectivity index (χ3v) is 5.55. The number of aromatic nitrogens is 2. The first kappa shape index (κ1) is 17.9. The number of ether oxygens (including phenoxy) is 1. The van der Waals surface area contributed by atoms with Gasteiger partial charge in [-0.1, -0.05) is 0 Å². The summed E-state index contributed by atoms with van der Waals surface area (Å²) in [5.74, 6) is 0.375. The second-order valence-corrected chi connectivity index (χ2v) is 8.58. The van der Waals surface area contributed by atoms with Crippen molar-refractivity contribution in [2.75, 3.05) is 5.75 Å². The molecule has 2 N–H and O–H groups in total. The average Bonchev–Trinajstić information content (AvgIpc) is 2.53. The number of rotatable bonds is 4. The minimum absolute atomic E-state index is 0.0865. The van der Waals surface area contributed by atoms with Crippen LogP contribution in [-0.4, -0.2) is 29.3 Å². The lowest BCUT2D eigenvalue weighted by Crippen LogP contribution is -2.41. The highest BCUT2D eigenvalue weighted by molar-refractivity contribution is 7.89. The summed E-state index contributed by atoms with van der Waals surface area (Å²) in [7, 11) is -3.56. The van der Waals surface area contributed by atoms with E-state index < -0.39 is 15.6 Å². The van der Waals surface area contributed by atoms with Crippen LogP contribution in [0.3, 0.4) is 0 Å². The molecule has 0 amide bonds. The molecular formula is C17H23N3O4S. The van der Waals surface area contributed by atoms with Gasteiger partial charge in [0.25, 0.3) is 5.56 Å². The van der Waals surface area contributed by atoms with Crippen LogP contribution < -0.4 is 15.4 Å². The van der Waals surface area contributed by atoms with Crippen molar-refractivity contribution in [3.05, 3.63) is 33.7 Å². The van der Waals surface area contributed by atoms with Crippen LogP contribution in [0.1, 0.15) is 37.9 Å². The van der Waals surface area contributed by atoms with Crippen molar-refractivity contribution in [1.82, 2.24) is 9.55 Å². The smallest absolute Gasteiger partial charge is 0.259 e. The van der Waals surface area contributed by atoms with E-state index in [1.54, 1.807) is 4.57 Å². The van der Waals surface area contributed by atoms with Crippen LogP contribution in [0.25, 0.3) is 11.0 Å². The number of nitrogens with zero attached hydrogens (tertiary/aromatic N) is 2. The number of nitrogens with two attached hydrogens (primary N) is 1. The summed E-state index contributed by atoms with van der Waals surface area (Å²) in [6, 6.07) is 3.79. The summed E-state index contributed by atoms with van der Waals surface area (Å²) in [5, 5.41) is 5.91. The molecule has 0 saturated carbocycles. The first-order chi connectivity index (χ1) is 11.6. The van der Waals surface area contributed by atoms with Gasteiger partial charge in [-0.3, -0.25) is 9.36 Å². The van der Waals surface area contributed by atoms with E-state index in [0.29, 0.717) is 36.3 Å². The first-order valence-corrected chi connectivity index (χ1v) is 10.1. The van der Waals surface area contributed by atoms with Crippen LogP contribution in [-0.2, 0) is 23.0 Å². The van der Waals surface area contributed by atoms with Gasteiger partial charge in [0.2, 0.25) is 10.0 Å². The van der Waals surface area contributed by atoms with E-state index in [1.165, 1.54) is 0 Å². The van der Waals surface area contributed by atoms with Crippen molar-refractivity contribution in [2.24, 2.45) is 5.14 Å². The topological polar surface area (TPSA) is 104 Å². The maximum atomic E-state index is 12.8. The van der Waals surface area contributed by atoms with Crippen molar-refractivity contribution in [2.45, 2.75) is 52.2 Å². The molecule has 1 aliphatic rings. The van der Waals surface area contributed by atoms with Crippen molar-refractivity contribution >= 4 is 21.1 Å². The van der Waals surface area contributed by atoms with E-state index in [1.807, 2.05) is 32.9 Å². The summed E-state index contributed by atoms with van der Waals surface area (Å²) < 4.78 is 30.5. The highest BCUT2D eigenvalue weighted by atomic mass is 32.2. The van der Waals surface area contributed by atoms with E-state index in [9.17, 15) is 13.2 Å². The van der Waals surface area contributed by atoms with Crippen molar-refractivity contribution < 1.29 is 13.2 Å². The molecular weight excluding hydrogens is 342 g/mol. The van der Waals surface area contributed by atoms with Gasteiger partial charge in [-0.15, -0.1) is 0 Å². The molecule has 0 bridgehead atoms. The van der Waals surface area contributed by atoms with Crippen molar-refractivity contribution in [3.63, 3.8) is 0 Å². The van der Waals surface area contributed by atoms with Crippen LogP contribution >= 0.6 is 0 Å². The van der Waals surface area contributed by atoms with Gasteiger partial charge in [-0.25, -0.2) is 18.5 Å². The fraction of sp³-hybridized carbons (Fsp3) is 0.529. The predicted octanol–water partition coefficient (Wildman–Crippen LogP) is 1.49. The van der Waals surface area contributed by atoms with Gasteiger partial charge in [0.05, 0.1) is 16.7 Å². The predicted molar refractivity (Wildman–Crippen MR) is 96.4 cm³/mol. The standard InChI is InChI=1S/C17H23N3O4S/c1-4-20-15-12(6-5-11(2)19-15)14-13(16(20)21)7-8-17(3,24-14)9-10-25(18,22)23/h5-6H,4,7-10H2,1-3H3,(H2,18,22,23). The van der Waals surface area contributed by atoms with E-state index in [0.717, 1.165) is 11.1 Å². The molecule has 8 heteroatoms. The Bertz CT molecular complexity index is 997. The Morgan fingerprint density at radius 1 is 1.40 bits per heavy atom. The molecule has 2 aromatic rings. The summed E-state index contributed by atoms with van der Waals surface area (Å²) in [6.07, 6.45) is 1.39. The maximum Gasteiger partial charge on any atom is 0.259 e. The Balaban J connectivity index is 2.13. The fourth-order valence-electron chi connectivity index (χ4n) is 3.30. The maximum absolute atomic E-state index is 12.8. The molecule has 3 heterocycles. The Morgan fingerprint density at radius 2 is 2.12 bits per heavy atom. The minimum Gasteiger partial charge on any atom is -0.486 e. The summed E-state index contributed by atoms with van der Waals surface area (Å²) in [4.78, 5) is 17.3. The van der Waals surface area contributed by atoms with E-state index in [4.69, 9.17) is 9.88 Å². The van der Waals surface area contributed by atoms with Gasteiger partial charge >= 0.3 is 0 Å². The summed E-state index contributed by atoms with van der Waals surface area (Å²) in [6.45, 7) is 6.18. The zero-order valence-corrected chi connectivity index (χ0v) is 15.5. The Morgan fingerprint density at radius 3 is 2.76 bits per heavy atom. The molecule has 25 heavy (non-hydrogen) atoms. The second-order valence-electron chi connectivity index (χ2n) is 6.85. The van der Waals surface area contributed by atoms with Crippen LogP contribution in [0.5, 0.6) is 5.75 Å². The number of hydrogen-bond acceptors (Lipinski definition) is 5. The molecule has 0 saturated heterocycles. The molecule has 1 unspecified atom stereocenters. The lowest BCUT2D eigenvalue weighted by molar-refractivity contribution is 0.0631. The molecule has 0 aliphatic carbocycles. The first-order valence-electron chi connectivity index (χ1n) is 8.36. The Hall–Kier alpha value is -1.93. The molecule has 3 rings (SSSR count). The highest BCUT2D eigenvalue weighted by Crippen LogP contribution is 2.38. The Labute approximate surface area is 146 Å². The largest absolute Gasteiger partial charge is 0.486 e. The van der Waals surface area contributed by atoms with E-state index in [2.05, 4.69) is 4.98 Å². The third-order valence-electron chi connectivity index (χ3n) is 4.78. The molecule has 136 valence electrons. The lowest BCUT2D eigenvalue weighted by Gasteiger charge is -2.36. The molecule has 2 aromatic heterocycles. The SMILES string of the molecule is CCn1c(=O)c2c(c3ccc(C)nc31)OC(C)(CCS(N)(=O)=O)CC2. The van der Waals surface area contributed by atoms with Crippen molar-refractivity contribution in [3.8, 4) is 5.75 Å².